The molecule has 0 radical (unpaired) electrons. The SMILES string of the molecule is Cc1c(N)cccc1C(=O)c1c[nH]c2ncc(Br)cc12. The van der Waals surface area contributed by atoms with Crippen LogP contribution in [0.4, 0.5) is 5.69 Å². The van der Waals surface area contributed by atoms with Gasteiger partial charge in [0.05, 0.1) is 0 Å². The highest BCUT2D eigenvalue weighted by Crippen LogP contribution is 2.25. The Morgan fingerprint density at radius 2 is 2.15 bits per heavy atom. The van der Waals surface area contributed by atoms with E-state index < -0.39 is 0 Å². The topological polar surface area (TPSA) is 71.8 Å². The van der Waals surface area contributed by atoms with Gasteiger partial charge in [-0.15, -0.1) is 0 Å². The lowest BCUT2D eigenvalue weighted by Crippen LogP contribution is -2.05. The lowest BCUT2D eigenvalue weighted by atomic mass is 9.98. The number of nitrogens with one attached hydrogen (secondary N) is 1. The number of carbonyl (C=O) groups is 1. The van der Waals surface area contributed by atoms with Crippen molar-refractivity contribution >= 4 is 38.4 Å². The van der Waals surface area contributed by atoms with Crippen LogP contribution in [0.1, 0.15) is 21.5 Å². The minimum absolute atomic E-state index is 0.0547. The summed E-state index contributed by atoms with van der Waals surface area (Å²) in [5.74, 6) is -0.0547. The monoisotopic (exact) mass is 329 g/mol. The van der Waals surface area contributed by atoms with E-state index in [1.54, 1.807) is 30.6 Å². The highest BCUT2D eigenvalue weighted by atomic mass is 79.9. The summed E-state index contributed by atoms with van der Waals surface area (Å²) in [6.07, 6.45) is 3.38. The Bertz CT molecular complexity index is 823. The smallest absolute Gasteiger partial charge is 0.195 e. The molecule has 0 saturated carbocycles. The fraction of sp³-hybridized carbons (Fsp3) is 0.0667. The standard InChI is InChI=1S/C15H12BrN3O/c1-8-10(3-2-4-13(8)17)14(20)12-7-19-15-11(12)5-9(16)6-18-15/h2-7H,17H2,1H3,(H,18,19). The predicted octanol–water partition coefficient (Wildman–Crippen LogP) is 3.45. The highest BCUT2D eigenvalue weighted by Gasteiger charge is 2.17. The number of halogens is 1. The Hall–Kier alpha value is -2.14. The maximum absolute atomic E-state index is 12.7. The Morgan fingerprint density at radius 3 is 2.95 bits per heavy atom. The second-order valence-corrected chi connectivity index (χ2v) is 5.52. The summed E-state index contributed by atoms with van der Waals surface area (Å²) < 4.78 is 0.836. The zero-order chi connectivity index (χ0) is 14.3. The van der Waals surface area contributed by atoms with Crippen LogP contribution in [0.2, 0.25) is 0 Å². The number of aromatic nitrogens is 2. The fourth-order valence-electron chi connectivity index (χ4n) is 2.21. The van der Waals surface area contributed by atoms with Crippen molar-refractivity contribution in [1.82, 2.24) is 9.97 Å². The zero-order valence-electron chi connectivity index (χ0n) is 10.8. The molecule has 100 valence electrons. The van der Waals surface area contributed by atoms with Crippen LogP contribution in [-0.4, -0.2) is 15.8 Å². The molecule has 0 aliphatic carbocycles. The van der Waals surface area contributed by atoms with Gasteiger partial charge in [0.1, 0.15) is 5.65 Å². The number of hydrogen-bond donors (Lipinski definition) is 2. The normalized spacial score (nSPS) is 10.9. The summed E-state index contributed by atoms with van der Waals surface area (Å²) in [7, 11) is 0. The third-order valence-corrected chi connectivity index (χ3v) is 3.80. The van der Waals surface area contributed by atoms with Crippen molar-refractivity contribution in [3.63, 3.8) is 0 Å². The van der Waals surface area contributed by atoms with E-state index in [1.807, 2.05) is 13.0 Å². The molecule has 0 spiro atoms. The second kappa shape index (κ2) is 4.76. The molecule has 0 bridgehead atoms. The van der Waals surface area contributed by atoms with E-state index in [0.717, 1.165) is 15.4 Å². The van der Waals surface area contributed by atoms with Crippen LogP contribution in [0.15, 0.2) is 41.1 Å². The predicted molar refractivity (Wildman–Crippen MR) is 82.8 cm³/mol. The minimum Gasteiger partial charge on any atom is -0.398 e. The van der Waals surface area contributed by atoms with E-state index >= 15 is 0 Å². The number of nitrogens with two attached hydrogens (primary N) is 1. The second-order valence-electron chi connectivity index (χ2n) is 4.60. The van der Waals surface area contributed by atoms with Gasteiger partial charge in [-0.1, -0.05) is 12.1 Å². The Labute approximate surface area is 124 Å². The van der Waals surface area contributed by atoms with Gasteiger partial charge in [0.2, 0.25) is 0 Å². The van der Waals surface area contributed by atoms with Crippen LogP contribution in [0, 0.1) is 6.92 Å². The molecular weight excluding hydrogens is 318 g/mol. The van der Waals surface area contributed by atoms with Gasteiger partial charge < -0.3 is 10.7 Å². The van der Waals surface area contributed by atoms with Crippen LogP contribution >= 0.6 is 15.9 Å². The Morgan fingerprint density at radius 1 is 1.35 bits per heavy atom. The first-order chi connectivity index (χ1) is 9.58. The average molecular weight is 330 g/mol. The summed E-state index contributed by atoms with van der Waals surface area (Å²) in [5.41, 5.74) is 9.20. The molecule has 2 aromatic heterocycles. The maximum Gasteiger partial charge on any atom is 0.195 e. The van der Waals surface area contributed by atoms with E-state index in [-0.39, 0.29) is 5.78 Å². The Balaban J connectivity index is 2.18. The van der Waals surface area contributed by atoms with E-state index in [9.17, 15) is 4.79 Å². The number of rotatable bonds is 2. The molecule has 0 aliphatic rings. The molecule has 2 heterocycles. The number of aromatic amines is 1. The van der Waals surface area contributed by atoms with Crippen molar-refractivity contribution in [2.24, 2.45) is 0 Å². The number of anilines is 1. The van der Waals surface area contributed by atoms with Crippen molar-refractivity contribution in [2.45, 2.75) is 6.92 Å². The number of nitrogens with zero attached hydrogens (tertiary/aromatic N) is 1. The zero-order valence-corrected chi connectivity index (χ0v) is 12.4. The number of pyridine rings is 1. The quantitative estimate of drug-likeness (QED) is 0.558. The van der Waals surface area contributed by atoms with Gasteiger partial charge in [-0.05, 0) is 40.5 Å². The molecule has 3 N–H and O–H groups in total. The van der Waals surface area contributed by atoms with Crippen molar-refractivity contribution in [2.75, 3.05) is 5.73 Å². The number of hydrogen-bond acceptors (Lipinski definition) is 3. The first-order valence-corrected chi connectivity index (χ1v) is 6.89. The van der Waals surface area contributed by atoms with Crippen LogP contribution < -0.4 is 5.73 Å². The Kier molecular flexibility index (Phi) is 3.06. The molecule has 0 saturated heterocycles. The molecule has 0 unspecified atom stereocenters. The lowest BCUT2D eigenvalue weighted by molar-refractivity contribution is 0.104. The van der Waals surface area contributed by atoms with E-state index in [2.05, 4.69) is 25.9 Å². The van der Waals surface area contributed by atoms with Gasteiger partial charge in [0.25, 0.3) is 0 Å². The molecule has 4 nitrogen and oxygen atoms in total. The number of fused-ring (bicyclic) bond motifs is 1. The molecule has 5 heteroatoms. The number of nitrogen functional groups attached to an aromatic ring is 1. The van der Waals surface area contributed by atoms with Gasteiger partial charge in [0.15, 0.2) is 5.78 Å². The van der Waals surface area contributed by atoms with Gasteiger partial charge in [-0.2, -0.15) is 0 Å². The van der Waals surface area contributed by atoms with Gasteiger partial charge in [-0.3, -0.25) is 4.79 Å². The fourth-order valence-corrected chi connectivity index (χ4v) is 2.54. The summed E-state index contributed by atoms with van der Waals surface area (Å²) in [6.45, 7) is 1.85. The maximum atomic E-state index is 12.7. The molecular formula is C15H12BrN3O. The van der Waals surface area contributed by atoms with Crippen molar-refractivity contribution in [1.29, 1.82) is 0 Å². The summed E-state index contributed by atoms with van der Waals surface area (Å²) in [4.78, 5) is 19.9. The van der Waals surface area contributed by atoms with Crippen molar-refractivity contribution in [3.8, 4) is 0 Å². The number of H-pyrrole nitrogens is 1. The largest absolute Gasteiger partial charge is 0.398 e. The molecule has 0 atom stereocenters. The number of carbonyl (C=O) groups excluding carboxylic acids is 1. The highest BCUT2D eigenvalue weighted by molar-refractivity contribution is 9.10. The first kappa shape index (κ1) is 12.9. The van der Waals surface area contributed by atoms with Gasteiger partial charge in [-0.25, -0.2) is 4.98 Å². The van der Waals surface area contributed by atoms with Gasteiger partial charge >= 0.3 is 0 Å². The lowest BCUT2D eigenvalue weighted by Gasteiger charge is -2.06. The first-order valence-electron chi connectivity index (χ1n) is 6.10. The van der Waals surface area contributed by atoms with Crippen LogP contribution in [0.3, 0.4) is 0 Å². The third-order valence-electron chi connectivity index (χ3n) is 3.36. The molecule has 0 amide bonds. The van der Waals surface area contributed by atoms with E-state index in [1.165, 1.54) is 0 Å². The van der Waals surface area contributed by atoms with E-state index in [0.29, 0.717) is 22.5 Å². The summed E-state index contributed by atoms with van der Waals surface area (Å²) in [6, 6.07) is 7.25. The van der Waals surface area contributed by atoms with Crippen molar-refractivity contribution < 1.29 is 4.79 Å². The summed E-state index contributed by atoms with van der Waals surface area (Å²) >= 11 is 3.38. The molecule has 3 rings (SSSR count). The average Bonchev–Trinajstić information content (AvgIpc) is 2.84. The van der Waals surface area contributed by atoms with Crippen molar-refractivity contribution in [3.05, 3.63) is 57.8 Å². The molecule has 20 heavy (non-hydrogen) atoms. The minimum atomic E-state index is -0.0547. The number of ketones is 1. The number of benzene rings is 1. The summed E-state index contributed by atoms with van der Waals surface area (Å²) in [5, 5.41) is 0.797. The van der Waals surface area contributed by atoms with Crippen LogP contribution in [-0.2, 0) is 0 Å². The molecule has 1 aromatic carbocycles. The van der Waals surface area contributed by atoms with Crippen LogP contribution in [0.5, 0.6) is 0 Å². The third kappa shape index (κ3) is 2.00. The van der Waals surface area contributed by atoms with Gasteiger partial charge in [0, 0.05) is 39.1 Å². The molecule has 0 fully saturated rings. The van der Waals surface area contributed by atoms with Crippen LogP contribution in [0.25, 0.3) is 11.0 Å². The molecule has 3 aromatic rings. The molecule has 0 aliphatic heterocycles. The van der Waals surface area contributed by atoms with E-state index in [4.69, 9.17) is 5.73 Å².